The van der Waals surface area contributed by atoms with Crippen LogP contribution in [0.5, 0.6) is 0 Å². The lowest BCUT2D eigenvalue weighted by Crippen LogP contribution is -2.25. The number of aromatic nitrogens is 4. The third-order valence-electron chi connectivity index (χ3n) is 5.24. The topological polar surface area (TPSA) is 75.9 Å². The lowest BCUT2D eigenvalue weighted by atomic mass is 10.1. The Morgan fingerprint density at radius 2 is 1.79 bits per heavy atom. The van der Waals surface area contributed by atoms with Crippen LogP contribution in [0.3, 0.4) is 0 Å². The summed E-state index contributed by atoms with van der Waals surface area (Å²) in [6.45, 7) is 9.88. The molecule has 0 bridgehead atoms. The van der Waals surface area contributed by atoms with Gasteiger partial charge in [0.1, 0.15) is 5.82 Å². The van der Waals surface area contributed by atoms with E-state index < -0.39 is 11.7 Å². The molecule has 7 nitrogen and oxygen atoms in total. The SMILES string of the molecule is CCN(CC)c1ccc(CNC(=O)c2cnn(-c3ccc(C(F)(F)F)cn3)c2C(C)C)cn1. The van der Waals surface area contributed by atoms with Crippen molar-refractivity contribution in [2.45, 2.75) is 46.3 Å². The first-order chi connectivity index (χ1) is 15.7. The van der Waals surface area contributed by atoms with Crippen molar-refractivity contribution in [3.8, 4) is 5.82 Å². The number of hydrogen-bond acceptors (Lipinski definition) is 5. The zero-order valence-corrected chi connectivity index (χ0v) is 19.0. The Labute approximate surface area is 190 Å². The largest absolute Gasteiger partial charge is 0.417 e. The molecule has 10 heteroatoms. The van der Waals surface area contributed by atoms with Crippen molar-refractivity contribution in [3.05, 3.63) is 65.2 Å². The number of carbonyl (C=O) groups excluding carboxylic acids is 1. The lowest BCUT2D eigenvalue weighted by molar-refractivity contribution is -0.137. The van der Waals surface area contributed by atoms with Crippen LogP contribution in [0.25, 0.3) is 5.82 Å². The Hall–Kier alpha value is -3.43. The van der Waals surface area contributed by atoms with Gasteiger partial charge < -0.3 is 10.2 Å². The van der Waals surface area contributed by atoms with Crippen LogP contribution in [0, 0.1) is 0 Å². The van der Waals surface area contributed by atoms with E-state index in [1.165, 1.54) is 16.9 Å². The van der Waals surface area contributed by atoms with E-state index in [1.807, 2.05) is 26.0 Å². The second-order valence-electron chi connectivity index (χ2n) is 7.79. The molecule has 3 aromatic rings. The van der Waals surface area contributed by atoms with Crippen LogP contribution in [0.4, 0.5) is 19.0 Å². The summed E-state index contributed by atoms with van der Waals surface area (Å²) in [6.07, 6.45) is -0.575. The molecule has 0 fully saturated rings. The molecule has 0 atom stereocenters. The zero-order valence-electron chi connectivity index (χ0n) is 19.0. The summed E-state index contributed by atoms with van der Waals surface area (Å²) in [7, 11) is 0. The first-order valence-electron chi connectivity index (χ1n) is 10.7. The highest BCUT2D eigenvalue weighted by Gasteiger charge is 2.31. The van der Waals surface area contributed by atoms with Gasteiger partial charge in [-0.15, -0.1) is 0 Å². The summed E-state index contributed by atoms with van der Waals surface area (Å²) < 4.78 is 39.9. The smallest absolute Gasteiger partial charge is 0.357 e. The third kappa shape index (κ3) is 5.50. The van der Waals surface area contributed by atoms with E-state index in [-0.39, 0.29) is 24.2 Å². The monoisotopic (exact) mass is 460 g/mol. The number of hydrogen-bond donors (Lipinski definition) is 1. The van der Waals surface area contributed by atoms with Gasteiger partial charge in [0, 0.05) is 32.0 Å². The van der Waals surface area contributed by atoms with Gasteiger partial charge in [0.05, 0.1) is 23.0 Å². The number of nitrogens with zero attached hydrogens (tertiary/aromatic N) is 5. The second kappa shape index (κ2) is 10.0. The van der Waals surface area contributed by atoms with Crippen LogP contribution in [0.2, 0.25) is 0 Å². The molecule has 3 aromatic heterocycles. The minimum atomic E-state index is -4.47. The summed E-state index contributed by atoms with van der Waals surface area (Å²) in [5.74, 6) is 0.640. The van der Waals surface area contributed by atoms with Crippen LogP contribution in [-0.4, -0.2) is 38.7 Å². The van der Waals surface area contributed by atoms with Crippen LogP contribution < -0.4 is 10.2 Å². The van der Waals surface area contributed by atoms with Crippen molar-refractivity contribution in [2.24, 2.45) is 0 Å². The van der Waals surface area contributed by atoms with Gasteiger partial charge in [-0.25, -0.2) is 14.6 Å². The molecule has 0 aliphatic carbocycles. The van der Waals surface area contributed by atoms with E-state index in [0.717, 1.165) is 36.7 Å². The molecule has 0 aromatic carbocycles. The van der Waals surface area contributed by atoms with Gasteiger partial charge in [0.15, 0.2) is 5.82 Å². The molecular formula is C23H27F3N6O. The average Bonchev–Trinajstić information content (AvgIpc) is 3.24. The van der Waals surface area contributed by atoms with Gasteiger partial charge in [0.2, 0.25) is 0 Å². The fraction of sp³-hybridized carbons (Fsp3) is 0.391. The van der Waals surface area contributed by atoms with E-state index in [9.17, 15) is 18.0 Å². The number of alkyl halides is 3. The second-order valence-corrected chi connectivity index (χ2v) is 7.79. The summed E-state index contributed by atoms with van der Waals surface area (Å²) in [6, 6.07) is 6.03. The molecule has 176 valence electrons. The molecular weight excluding hydrogens is 433 g/mol. The zero-order chi connectivity index (χ0) is 24.2. The maximum Gasteiger partial charge on any atom is 0.417 e. The van der Waals surface area contributed by atoms with Gasteiger partial charge in [-0.3, -0.25) is 4.79 Å². The molecule has 1 N–H and O–H groups in total. The highest BCUT2D eigenvalue weighted by Crippen LogP contribution is 2.29. The molecule has 0 saturated heterocycles. The highest BCUT2D eigenvalue weighted by molar-refractivity contribution is 5.95. The minimum absolute atomic E-state index is 0.118. The number of pyridine rings is 2. The summed E-state index contributed by atoms with van der Waals surface area (Å²) in [5.41, 5.74) is 0.916. The van der Waals surface area contributed by atoms with Crippen molar-refractivity contribution >= 4 is 11.7 Å². The third-order valence-corrected chi connectivity index (χ3v) is 5.24. The number of carbonyl (C=O) groups is 1. The Bertz CT molecular complexity index is 1070. The first kappa shape index (κ1) is 24.2. The van der Waals surface area contributed by atoms with E-state index in [0.29, 0.717) is 11.3 Å². The van der Waals surface area contributed by atoms with Crippen LogP contribution >= 0.6 is 0 Å². The predicted octanol–water partition coefficient (Wildman–Crippen LogP) is 4.58. The number of halogens is 3. The molecule has 0 unspecified atom stereocenters. The minimum Gasteiger partial charge on any atom is -0.357 e. The standard InChI is InChI=1S/C23H27F3N6O/c1-5-31(6-2)19-9-7-16(11-27-19)12-29-22(33)18-14-30-32(21(18)15(3)4)20-10-8-17(13-28-20)23(24,25)26/h7-11,13-15H,5-6,12H2,1-4H3,(H,29,33). The van der Waals surface area contributed by atoms with Crippen LogP contribution in [0.1, 0.15) is 60.8 Å². The fourth-order valence-electron chi connectivity index (χ4n) is 3.48. The van der Waals surface area contributed by atoms with Crippen molar-refractivity contribution in [3.63, 3.8) is 0 Å². The maximum atomic E-state index is 12.9. The fourth-order valence-corrected chi connectivity index (χ4v) is 3.48. The molecule has 0 aliphatic heterocycles. The lowest BCUT2D eigenvalue weighted by Gasteiger charge is -2.19. The average molecular weight is 461 g/mol. The Kier molecular flexibility index (Phi) is 7.35. The quantitative estimate of drug-likeness (QED) is 0.533. The molecule has 1 amide bonds. The molecule has 33 heavy (non-hydrogen) atoms. The van der Waals surface area contributed by atoms with Crippen LogP contribution in [0.15, 0.2) is 42.9 Å². The molecule has 0 saturated carbocycles. The van der Waals surface area contributed by atoms with E-state index in [1.54, 1.807) is 6.20 Å². The van der Waals surface area contributed by atoms with Gasteiger partial charge in [-0.05, 0) is 43.5 Å². The Morgan fingerprint density at radius 1 is 1.06 bits per heavy atom. The van der Waals surface area contributed by atoms with Crippen molar-refractivity contribution < 1.29 is 18.0 Å². The Balaban J connectivity index is 1.77. The molecule has 0 aliphatic rings. The Morgan fingerprint density at radius 3 is 2.30 bits per heavy atom. The molecule has 3 rings (SSSR count). The van der Waals surface area contributed by atoms with Gasteiger partial charge >= 0.3 is 6.18 Å². The number of nitrogens with one attached hydrogen (secondary N) is 1. The number of anilines is 1. The summed E-state index contributed by atoms with van der Waals surface area (Å²) in [4.78, 5) is 23.4. The highest BCUT2D eigenvalue weighted by atomic mass is 19.4. The molecule has 3 heterocycles. The van der Waals surface area contributed by atoms with E-state index in [4.69, 9.17) is 0 Å². The first-order valence-corrected chi connectivity index (χ1v) is 10.7. The van der Waals surface area contributed by atoms with E-state index >= 15 is 0 Å². The van der Waals surface area contributed by atoms with Crippen molar-refractivity contribution in [1.29, 1.82) is 0 Å². The normalized spacial score (nSPS) is 11.6. The predicted molar refractivity (Wildman–Crippen MR) is 119 cm³/mol. The van der Waals surface area contributed by atoms with Crippen molar-refractivity contribution in [2.75, 3.05) is 18.0 Å². The van der Waals surface area contributed by atoms with Gasteiger partial charge in [-0.1, -0.05) is 19.9 Å². The molecule has 0 radical (unpaired) electrons. The maximum absolute atomic E-state index is 12.9. The number of amides is 1. The van der Waals surface area contributed by atoms with Gasteiger partial charge in [0.25, 0.3) is 5.91 Å². The van der Waals surface area contributed by atoms with Crippen LogP contribution in [-0.2, 0) is 12.7 Å². The molecule has 0 spiro atoms. The van der Waals surface area contributed by atoms with Gasteiger partial charge in [-0.2, -0.15) is 18.3 Å². The number of rotatable bonds is 8. The van der Waals surface area contributed by atoms with Crippen molar-refractivity contribution in [1.82, 2.24) is 25.1 Å². The summed E-state index contributed by atoms with van der Waals surface area (Å²) >= 11 is 0. The summed E-state index contributed by atoms with van der Waals surface area (Å²) in [5, 5.41) is 7.09. The van der Waals surface area contributed by atoms with E-state index in [2.05, 4.69) is 39.1 Å².